The van der Waals surface area contributed by atoms with Crippen LogP contribution in [0.4, 0.5) is 5.69 Å². The van der Waals surface area contributed by atoms with Gasteiger partial charge in [0.2, 0.25) is 0 Å². The number of carbonyl (C=O) groups is 1. The van der Waals surface area contributed by atoms with Gasteiger partial charge in [0.15, 0.2) is 0 Å². The van der Waals surface area contributed by atoms with E-state index in [9.17, 15) is 13.2 Å². The molecule has 10 heteroatoms. The third-order valence-corrected chi connectivity index (χ3v) is 8.06. The molecule has 5 rings (SSSR count). The third-order valence-electron chi connectivity index (χ3n) is 6.65. The summed E-state index contributed by atoms with van der Waals surface area (Å²) in [6.45, 7) is 3.74. The standard InChI is InChI=1S/C27H29N5O4S/c1-36-24-17-22(30-37(34,35)25-8-2-6-21-7-4-12-29-26(21)25)9-10-23(24)27(33)32-15-13-31(14-16-32)19-20-5-3-11-28-18-20/h2-4,6-12,17-18,20,30H,5,13-16,19H2,1H3. The number of carbonyl (C=O) groups excluding carboxylic acids is 1. The third kappa shape index (κ3) is 5.50. The summed E-state index contributed by atoms with van der Waals surface area (Å²) in [5, 5.41) is 0.729. The molecule has 3 heterocycles. The summed E-state index contributed by atoms with van der Waals surface area (Å²) in [7, 11) is -2.45. The van der Waals surface area contributed by atoms with Gasteiger partial charge in [-0.3, -0.25) is 24.4 Å². The van der Waals surface area contributed by atoms with Crippen LogP contribution in [0.5, 0.6) is 5.75 Å². The molecule has 1 unspecified atom stereocenters. The lowest BCUT2D eigenvalue weighted by Gasteiger charge is -2.36. The number of hydrogen-bond donors (Lipinski definition) is 1. The van der Waals surface area contributed by atoms with Gasteiger partial charge in [0.1, 0.15) is 10.6 Å². The van der Waals surface area contributed by atoms with Crippen molar-refractivity contribution in [3.8, 4) is 5.75 Å². The van der Waals surface area contributed by atoms with Crippen LogP contribution in [0.3, 0.4) is 0 Å². The van der Waals surface area contributed by atoms with Crippen LogP contribution in [0.1, 0.15) is 16.8 Å². The minimum absolute atomic E-state index is 0.0816. The Bertz CT molecular complexity index is 1460. The molecular formula is C27H29N5O4S. The molecule has 1 atom stereocenters. The Labute approximate surface area is 216 Å². The molecule has 0 saturated carbocycles. The Hall–Kier alpha value is -3.76. The lowest BCUT2D eigenvalue weighted by molar-refractivity contribution is 0.0625. The smallest absolute Gasteiger partial charge is 0.264 e. The van der Waals surface area contributed by atoms with Crippen molar-refractivity contribution in [1.82, 2.24) is 14.8 Å². The molecule has 9 nitrogen and oxygen atoms in total. The molecule has 1 amide bonds. The fourth-order valence-corrected chi connectivity index (χ4v) is 5.95. The number of nitrogens with one attached hydrogen (secondary N) is 1. The predicted octanol–water partition coefficient (Wildman–Crippen LogP) is 3.41. The van der Waals surface area contributed by atoms with Crippen molar-refractivity contribution in [1.29, 1.82) is 0 Å². The maximum atomic E-state index is 13.3. The Morgan fingerprint density at radius 3 is 2.68 bits per heavy atom. The monoisotopic (exact) mass is 519 g/mol. The molecule has 0 spiro atoms. The molecule has 192 valence electrons. The second-order valence-electron chi connectivity index (χ2n) is 9.12. The van der Waals surface area contributed by atoms with Gasteiger partial charge in [0.25, 0.3) is 15.9 Å². The van der Waals surface area contributed by atoms with Gasteiger partial charge in [-0.05, 0) is 30.7 Å². The maximum Gasteiger partial charge on any atom is 0.264 e. The fraction of sp³-hybridized carbons (Fsp3) is 0.296. The number of allylic oxidation sites excluding steroid dienone is 1. The topological polar surface area (TPSA) is 104 Å². The highest BCUT2D eigenvalue weighted by molar-refractivity contribution is 7.93. The Balaban J connectivity index is 1.27. The molecule has 1 N–H and O–H groups in total. The van der Waals surface area contributed by atoms with Crippen LogP contribution in [-0.4, -0.2) is 75.2 Å². The van der Waals surface area contributed by atoms with Crippen molar-refractivity contribution in [2.75, 3.05) is 44.6 Å². The highest BCUT2D eigenvalue weighted by atomic mass is 32.2. The van der Waals surface area contributed by atoms with Crippen molar-refractivity contribution >= 4 is 38.7 Å². The number of sulfonamides is 1. The van der Waals surface area contributed by atoms with Gasteiger partial charge >= 0.3 is 0 Å². The molecular weight excluding hydrogens is 490 g/mol. The highest BCUT2D eigenvalue weighted by Crippen LogP contribution is 2.28. The van der Waals surface area contributed by atoms with Gasteiger partial charge < -0.3 is 9.64 Å². The van der Waals surface area contributed by atoms with Gasteiger partial charge in [0.05, 0.1) is 23.9 Å². The van der Waals surface area contributed by atoms with Crippen LogP contribution in [-0.2, 0) is 10.0 Å². The summed E-state index contributed by atoms with van der Waals surface area (Å²) in [6, 6.07) is 13.3. The zero-order valence-corrected chi connectivity index (χ0v) is 21.4. The van der Waals surface area contributed by atoms with Crippen LogP contribution in [0.25, 0.3) is 10.9 Å². The lowest BCUT2D eigenvalue weighted by Crippen LogP contribution is -2.50. The number of methoxy groups -OCH3 is 1. The zero-order valence-electron chi connectivity index (χ0n) is 20.6. The van der Waals surface area contributed by atoms with Crippen molar-refractivity contribution in [2.45, 2.75) is 11.3 Å². The first-order valence-corrected chi connectivity index (χ1v) is 13.7. The predicted molar refractivity (Wildman–Crippen MR) is 144 cm³/mol. The average molecular weight is 520 g/mol. The highest BCUT2D eigenvalue weighted by Gasteiger charge is 2.26. The average Bonchev–Trinajstić information content (AvgIpc) is 2.93. The Kier molecular flexibility index (Phi) is 7.20. The lowest BCUT2D eigenvalue weighted by atomic mass is 10.0. The van der Waals surface area contributed by atoms with E-state index in [0.29, 0.717) is 41.5 Å². The van der Waals surface area contributed by atoms with Crippen LogP contribution in [0.15, 0.2) is 76.9 Å². The number of rotatable bonds is 7. The van der Waals surface area contributed by atoms with E-state index in [2.05, 4.69) is 25.7 Å². The van der Waals surface area contributed by atoms with Gasteiger partial charge in [-0.15, -0.1) is 0 Å². The van der Waals surface area contributed by atoms with E-state index in [4.69, 9.17) is 4.74 Å². The summed E-state index contributed by atoms with van der Waals surface area (Å²) in [5.41, 5.74) is 1.09. The summed E-state index contributed by atoms with van der Waals surface area (Å²) >= 11 is 0. The number of amides is 1. The number of nitrogens with zero attached hydrogens (tertiary/aromatic N) is 4. The van der Waals surface area contributed by atoms with E-state index in [0.717, 1.165) is 31.4 Å². The van der Waals surface area contributed by atoms with Crippen molar-refractivity contribution in [3.63, 3.8) is 0 Å². The second kappa shape index (κ2) is 10.7. The molecule has 2 aliphatic rings. The van der Waals surface area contributed by atoms with Crippen molar-refractivity contribution in [2.24, 2.45) is 10.9 Å². The first kappa shape index (κ1) is 24.9. The summed E-state index contributed by atoms with van der Waals surface area (Å²) < 4.78 is 34.4. The summed E-state index contributed by atoms with van der Waals surface area (Å²) in [4.78, 5) is 26.0. The molecule has 1 aromatic heterocycles. The summed E-state index contributed by atoms with van der Waals surface area (Å²) in [5.74, 6) is 0.591. The fourth-order valence-electron chi connectivity index (χ4n) is 4.72. The largest absolute Gasteiger partial charge is 0.496 e. The Morgan fingerprint density at radius 2 is 1.92 bits per heavy atom. The second-order valence-corrected chi connectivity index (χ2v) is 10.8. The molecule has 37 heavy (non-hydrogen) atoms. The van der Waals surface area contributed by atoms with E-state index in [-0.39, 0.29) is 10.8 Å². The number of aliphatic imine (C=N–C) groups is 1. The molecule has 2 aromatic carbocycles. The van der Waals surface area contributed by atoms with Crippen LogP contribution < -0.4 is 9.46 Å². The van der Waals surface area contributed by atoms with Crippen molar-refractivity contribution < 1.29 is 17.9 Å². The number of pyridine rings is 1. The first-order valence-electron chi connectivity index (χ1n) is 12.2. The molecule has 0 radical (unpaired) electrons. The number of benzene rings is 2. The zero-order chi connectivity index (χ0) is 25.8. The van der Waals surface area contributed by atoms with Gasteiger partial charge in [-0.1, -0.05) is 24.3 Å². The SMILES string of the molecule is COc1cc(NS(=O)(=O)c2cccc3cccnc23)ccc1C(=O)N1CCN(CC2C=NC=CC2)CC1. The maximum absolute atomic E-state index is 13.3. The Morgan fingerprint density at radius 1 is 1.11 bits per heavy atom. The van der Waals surface area contributed by atoms with E-state index < -0.39 is 10.0 Å². The van der Waals surface area contributed by atoms with Gasteiger partial charge in [0, 0.05) is 68.7 Å². The van der Waals surface area contributed by atoms with Crippen molar-refractivity contribution in [3.05, 3.63) is 72.6 Å². The van der Waals surface area contributed by atoms with E-state index in [1.165, 1.54) is 19.2 Å². The number of piperazine rings is 1. The molecule has 1 saturated heterocycles. The molecule has 3 aromatic rings. The first-order chi connectivity index (χ1) is 17.9. The van der Waals surface area contributed by atoms with E-state index in [1.54, 1.807) is 30.5 Å². The molecule has 1 fully saturated rings. The van der Waals surface area contributed by atoms with Gasteiger partial charge in [-0.25, -0.2) is 8.42 Å². The number of anilines is 1. The molecule has 0 bridgehead atoms. The van der Waals surface area contributed by atoms with Crippen LogP contribution in [0.2, 0.25) is 0 Å². The number of hydrogen-bond acceptors (Lipinski definition) is 7. The minimum atomic E-state index is -3.92. The van der Waals surface area contributed by atoms with E-state index in [1.807, 2.05) is 29.4 Å². The summed E-state index contributed by atoms with van der Waals surface area (Å²) in [6.07, 6.45) is 8.46. The van der Waals surface area contributed by atoms with E-state index >= 15 is 0 Å². The van der Waals surface area contributed by atoms with Gasteiger partial charge in [-0.2, -0.15) is 0 Å². The number of ether oxygens (including phenoxy) is 1. The number of aromatic nitrogens is 1. The van der Waals surface area contributed by atoms with Crippen LogP contribution >= 0.6 is 0 Å². The normalized spacial score (nSPS) is 18.2. The minimum Gasteiger partial charge on any atom is -0.496 e. The molecule has 2 aliphatic heterocycles. The number of fused-ring (bicyclic) bond motifs is 1. The number of para-hydroxylation sites is 1. The quantitative estimate of drug-likeness (QED) is 0.513. The van der Waals surface area contributed by atoms with Crippen LogP contribution in [0, 0.1) is 5.92 Å². The molecule has 0 aliphatic carbocycles.